The largest absolute Gasteiger partial charge is 0.496 e. The van der Waals surface area contributed by atoms with Gasteiger partial charge in [0.1, 0.15) is 23.4 Å². The molecule has 0 saturated carbocycles. The standard InChI is InChI=1S/C68H93ClN8O13S2/c1-47(2)92(83,84)62-11-9-8-10-52(62)38-59-58(69)44-70-63(73-59)39-51-16-17-54(40-61(51)85-7)74-22-18-53(19-23-74)75-24-26-76(27-25-75)64(80)21-29-87-31-33-89-35-37-90-36-34-88-32-30-86-28-20-55(78)41-57(68(4,5)6)67(82)77-45-56(79)42-60(77)66(81)71-43-49-12-14-50(15-13-49)65-48(3)72-46-91-65/h8-17,40,44,46-47,53,56-57,60,79H,18-39,41-43,45H2,1-7H3,(H,71,81)/t56-,57-,60+/m1/s1. The van der Waals surface area contributed by atoms with Crippen LogP contribution in [0.5, 0.6) is 5.75 Å². The van der Waals surface area contributed by atoms with Gasteiger partial charge in [-0.2, -0.15) is 0 Å². The summed E-state index contributed by atoms with van der Waals surface area (Å²) in [6, 6.07) is 20.8. The molecule has 3 aliphatic rings. The van der Waals surface area contributed by atoms with Crippen molar-refractivity contribution in [3.05, 3.63) is 117 Å². The number of Topliss-reactive ketones (excluding diaryl/α,β-unsaturated/α-hetero) is 1. The van der Waals surface area contributed by atoms with Crippen molar-refractivity contribution in [2.75, 3.05) is 124 Å². The monoisotopic (exact) mass is 1330 g/mol. The maximum atomic E-state index is 14.1. The highest BCUT2D eigenvalue weighted by atomic mass is 35.5. The van der Waals surface area contributed by atoms with Gasteiger partial charge >= 0.3 is 0 Å². The zero-order valence-electron chi connectivity index (χ0n) is 54.4. The molecule has 2 N–H and O–H groups in total. The molecule has 3 atom stereocenters. The summed E-state index contributed by atoms with van der Waals surface area (Å²) in [6.45, 7) is 19.7. The van der Waals surface area contributed by atoms with Crippen molar-refractivity contribution < 1.29 is 61.1 Å². The van der Waals surface area contributed by atoms with Gasteiger partial charge in [0.05, 0.1) is 123 Å². The molecule has 502 valence electrons. The number of ether oxygens (including phenoxy) is 6. The zero-order valence-corrected chi connectivity index (χ0v) is 56.8. The number of hydrogen-bond acceptors (Lipinski definition) is 19. The highest BCUT2D eigenvalue weighted by molar-refractivity contribution is 7.92. The number of aliphatic hydroxyl groups excluding tert-OH is 1. The topological polar surface area (TPSA) is 242 Å². The minimum absolute atomic E-state index is 0.00246. The van der Waals surface area contributed by atoms with Crippen LogP contribution in [0.3, 0.4) is 0 Å². The molecule has 0 spiro atoms. The van der Waals surface area contributed by atoms with Crippen LogP contribution >= 0.6 is 22.9 Å². The second kappa shape index (κ2) is 35.0. The van der Waals surface area contributed by atoms with E-state index in [9.17, 15) is 32.7 Å². The number of sulfone groups is 1. The highest BCUT2D eigenvalue weighted by Gasteiger charge is 2.44. The summed E-state index contributed by atoms with van der Waals surface area (Å²) in [5, 5.41) is 13.4. The van der Waals surface area contributed by atoms with Crippen molar-refractivity contribution in [1.82, 2.24) is 35.0 Å². The van der Waals surface area contributed by atoms with Gasteiger partial charge in [0.2, 0.25) is 17.7 Å². The summed E-state index contributed by atoms with van der Waals surface area (Å²) in [7, 11) is -1.84. The van der Waals surface area contributed by atoms with Crippen molar-refractivity contribution in [3.63, 3.8) is 0 Å². The number of nitrogens with zero attached hydrogens (tertiary/aromatic N) is 7. The Kier molecular flexibility index (Phi) is 27.3. The van der Waals surface area contributed by atoms with Crippen molar-refractivity contribution in [3.8, 4) is 16.2 Å². The first-order valence-corrected chi connectivity index (χ1v) is 34.9. The molecule has 3 saturated heterocycles. The van der Waals surface area contributed by atoms with Crippen LogP contribution in [0.4, 0.5) is 5.69 Å². The molecular formula is C68H93ClN8O13S2. The number of piperidine rings is 1. The van der Waals surface area contributed by atoms with Crippen LogP contribution in [0.25, 0.3) is 10.4 Å². The Morgan fingerprint density at radius 1 is 0.783 bits per heavy atom. The molecule has 21 nitrogen and oxygen atoms in total. The van der Waals surface area contributed by atoms with E-state index in [1.807, 2.05) is 68.4 Å². The number of piperazine rings is 1. The van der Waals surface area contributed by atoms with Gasteiger partial charge in [-0.25, -0.2) is 23.4 Å². The fourth-order valence-electron chi connectivity index (χ4n) is 11.8. The predicted octanol–water partition coefficient (Wildman–Crippen LogP) is 7.81. The molecule has 92 heavy (non-hydrogen) atoms. The van der Waals surface area contributed by atoms with E-state index < -0.39 is 38.6 Å². The van der Waals surface area contributed by atoms with E-state index >= 15 is 0 Å². The van der Waals surface area contributed by atoms with Crippen molar-refractivity contribution in [2.24, 2.45) is 11.3 Å². The number of hydrogen-bond donors (Lipinski definition) is 2. The van der Waals surface area contributed by atoms with Crippen molar-refractivity contribution >= 4 is 62.0 Å². The van der Waals surface area contributed by atoms with E-state index in [4.69, 9.17) is 45.0 Å². The van der Waals surface area contributed by atoms with Crippen LogP contribution in [-0.4, -0.2) is 209 Å². The molecule has 0 bridgehead atoms. The number of thiazole rings is 1. The zero-order chi connectivity index (χ0) is 65.8. The molecule has 3 amide bonds. The second-order valence-electron chi connectivity index (χ2n) is 25.1. The number of carbonyl (C=O) groups is 4. The quantitative estimate of drug-likeness (QED) is 0.0373. The Balaban J connectivity index is 0.616. The van der Waals surface area contributed by atoms with Gasteiger partial charge < -0.3 is 53.5 Å². The van der Waals surface area contributed by atoms with Gasteiger partial charge in [0.15, 0.2) is 9.84 Å². The summed E-state index contributed by atoms with van der Waals surface area (Å²) >= 11 is 8.15. The first-order valence-electron chi connectivity index (χ1n) is 32.1. The number of amides is 3. The van der Waals surface area contributed by atoms with Gasteiger partial charge in [-0.15, -0.1) is 11.3 Å². The number of anilines is 1. The van der Waals surface area contributed by atoms with Crippen LogP contribution in [0, 0.1) is 18.3 Å². The van der Waals surface area contributed by atoms with Gasteiger partial charge in [-0.1, -0.05) is 80.9 Å². The molecule has 3 aliphatic heterocycles. The van der Waals surface area contributed by atoms with Gasteiger partial charge in [-0.3, -0.25) is 24.1 Å². The lowest BCUT2D eigenvalue weighted by Gasteiger charge is -2.43. The third-order valence-corrected chi connectivity index (χ3v) is 20.8. The smallest absolute Gasteiger partial charge is 0.243 e. The van der Waals surface area contributed by atoms with Crippen molar-refractivity contribution in [2.45, 2.75) is 128 Å². The number of benzene rings is 3. The Morgan fingerprint density at radius 2 is 1.41 bits per heavy atom. The van der Waals surface area contributed by atoms with E-state index in [0.717, 1.165) is 77.7 Å². The fraction of sp³-hybridized carbons (Fsp3) is 0.574. The molecule has 0 aliphatic carbocycles. The number of aryl methyl sites for hydroxylation is 1. The Labute approximate surface area is 551 Å². The predicted molar refractivity (Wildman–Crippen MR) is 354 cm³/mol. The highest BCUT2D eigenvalue weighted by Crippen LogP contribution is 2.35. The van der Waals surface area contributed by atoms with E-state index in [0.29, 0.717) is 114 Å². The Morgan fingerprint density at radius 3 is 2.02 bits per heavy atom. The van der Waals surface area contributed by atoms with E-state index in [2.05, 4.69) is 43.3 Å². The normalized spacial score (nSPS) is 17.2. The van der Waals surface area contributed by atoms with Crippen LogP contribution < -0.4 is 15.0 Å². The summed E-state index contributed by atoms with van der Waals surface area (Å²) in [4.78, 5) is 77.1. The van der Waals surface area contributed by atoms with Crippen molar-refractivity contribution in [1.29, 1.82) is 0 Å². The number of carbonyl (C=O) groups excluding carboxylic acids is 4. The number of β-amino-alcohol motifs (C(OH)–C–C–N with tert-alkyl or cyclic N) is 1. The maximum absolute atomic E-state index is 14.1. The van der Waals surface area contributed by atoms with Gasteiger partial charge in [0, 0.05) is 120 Å². The molecule has 8 rings (SSSR count). The number of halogens is 1. The van der Waals surface area contributed by atoms with Crippen LogP contribution in [0.15, 0.2) is 83.3 Å². The fourth-order valence-corrected chi connectivity index (χ4v) is 14.1. The third-order valence-electron chi connectivity index (χ3n) is 17.3. The minimum atomic E-state index is -3.50. The molecule has 5 aromatic rings. The number of ketones is 1. The van der Waals surface area contributed by atoms with Crippen LogP contribution in [0.2, 0.25) is 5.02 Å². The molecule has 0 radical (unpaired) electrons. The minimum Gasteiger partial charge on any atom is -0.496 e. The average molecular weight is 1330 g/mol. The van der Waals surface area contributed by atoms with Gasteiger partial charge in [0.25, 0.3) is 0 Å². The molecule has 24 heteroatoms. The summed E-state index contributed by atoms with van der Waals surface area (Å²) < 4.78 is 60.4. The molecule has 3 aromatic carbocycles. The first kappa shape index (κ1) is 71.9. The molecule has 2 aromatic heterocycles. The number of nitrogens with one attached hydrogen (secondary N) is 1. The number of aliphatic hydroxyl groups is 1. The third kappa shape index (κ3) is 20.5. The number of methoxy groups -OCH3 is 1. The Hall–Kier alpha value is -5.99. The van der Waals surface area contributed by atoms with Gasteiger partial charge in [-0.05, 0) is 67.9 Å². The first-order chi connectivity index (χ1) is 44.2. The number of likely N-dealkylation sites (tertiary alicyclic amines) is 1. The van der Waals surface area contributed by atoms with Crippen LogP contribution in [0.1, 0.15) is 107 Å². The Bertz CT molecular complexity index is 3310. The van der Waals surface area contributed by atoms with E-state index in [1.165, 1.54) is 4.90 Å². The average Bonchev–Trinajstić information content (AvgIpc) is 1.30. The summed E-state index contributed by atoms with van der Waals surface area (Å²) in [5.74, 6) is -0.0607. The summed E-state index contributed by atoms with van der Waals surface area (Å²) in [6.07, 6.45) is 4.02. The number of rotatable bonds is 34. The summed E-state index contributed by atoms with van der Waals surface area (Å²) in [5.41, 5.74) is 7.39. The lowest BCUT2D eigenvalue weighted by molar-refractivity contribution is -0.146. The van der Waals surface area contributed by atoms with E-state index in [-0.39, 0.29) is 73.8 Å². The molecule has 3 fully saturated rings. The lowest BCUT2D eigenvalue weighted by Crippen LogP contribution is -2.54. The molecular weight excluding hydrogens is 1240 g/mol. The maximum Gasteiger partial charge on any atom is 0.243 e. The van der Waals surface area contributed by atoms with Crippen LogP contribution in [-0.2, 0) is 72.1 Å². The second-order valence-corrected chi connectivity index (χ2v) is 28.8. The SMILES string of the molecule is COc1cc(N2CCC(N3CCN(C(=O)CCOCCOCCOCCOCCOCCC(=O)C[C@H](C(=O)N4C[C@H](O)C[C@H]4C(=O)NCc4ccc(-c5scnc5C)cc4)C(C)(C)C)CC3)CC2)ccc1Cc1ncc(Cl)c(Cc2ccccc2S(=O)(=O)C(C)C)n1. The molecule has 5 heterocycles. The lowest BCUT2D eigenvalue weighted by atomic mass is 9.76. The van der Waals surface area contributed by atoms with E-state index in [1.54, 1.807) is 56.7 Å². The number of aromatic nitrogens is 3. The molecule has 0 unspecified atom stereocenters.